The Kier molecular flexibility index (Phi) is 3.63. The van der Waals surface area contributed by atoms with Crippen molar-refractivity contribution in [2.45, 2.75) is 71.8 Å². The molecule has 14 heavy (non-hydrogen) atoms. The van der Waals surface area contributed by atoms with Crippen LogP contribution in [0.2, 0.25) is 0 Å². The van der Waals surface area contributed by atoms with Gasteiger partial charge in [-0.15, -0.1) is 0 Å². The Balaban J connectivity index is 2.57. The van der Waals surface area contributed by atoms with E-state index in [1.165, 1.54) is 38.5 Å². The molecule has 0 aliphatic heterocycles. The fraction of sp³-hybridized carbons (Fsp3) is 1.00. The lowest BCUT2D eigenvalue weighted by molar-refractivity contribution is 0.168. The lowest BCUT2D eigenvalue weighted by atomic mass is 9.71. The highest BCUT2D eigenvalue weighted by Crippen LogP contribution is 2.47. The van der Waals surface area contributed by atoms with E-state index in [0.29, 0.717) is 5.41 Å². The Morgan fingerprint density at radius 1 is 1.29 bits per heavy atom. The third-order valence-corrected chi connectivity index (χ3v) is 4.27. The molecule has 0 aromatic rings. The molecule has 1 saturated carbocycles. The maximum atomic E-state index is 6.57. The average Bonchev–Trinajstić information content (AvgIpc) is 2.26. The molecule has 0 radical (unpaired) electrons. The molecule has 0 aromatic carbocycles. The van der Waals surface area contributed by atoms with Gasteiger partial charge in [0.2, 0.25) is 0 Å². The maximum Gasteiger partial charge on any atom is 0.0208 e. The van der Waals surface area contributed by atoms with Crippen molar-refractivity contribution in [3.63, 3.8) is 0 Å². The molecule has 0 heterocycles. The van der Waals surface area contributed by atoms with Crippen LogP contribution in [0.3, 0.4) is 0 Å². The van der Waals surface area contributed by atoms with Crippen molar-refractivity contribution in [2.75, 3.05) is 0 Å². The maximum absolute atomic E-state index is 6.57. The summed E-state index contributed by atoms with van der Waals surface area (Å²) in [5.74, 6) is 0.794. The highest BCUT2D eigenvalue weighted by atomic mass is 14.8. The summed E-state index contributed by atoms with van der Waals surface area (Å²) in [6, 6.07) is 0. The Morgan fingerprint density at radius 2 is 1.93 bits per heavy atom. The van der Waals surface area contributed by atoms with E-state index in [2.05, 4.69) is 27.7 Å². The van der Waals surface area contributed by atoms with Crippen molar-refractivity contribution in [3.05, 3.63) is 0 Å². The lowest BCUT2D eigenvalue weighted by Crippen LogP contribution is -2.49. The number of rotatable bonds is 4. The van der Waals surface area contributed by atoms with Gasteiger partial charge < -0.3 is 5.73 Å². The summed E-state index contributed by atoms with van der Waals surface area (Å²) in [4.78, 5) is 0. The Labute approximate surface area is 89.5 Å². The van der Waals surface area contributed by atoms with Gasteiger partial charge in [0.15, 0.2) is 0 Å². The van der Waals surface area contributed by atoms with Crippen LogP contribution in [0.5, 0.6) is 0 Å². The number of hydrogen-bond donors (Lipinski definition) is 1. The second-order valence-corrected chi connectivity index (χ2v) is 5.99. The largest absolute Gasteiger partial charge is 0.325 e. The van der Waals surface area contributed by atoms with Crippen LogP contribution in [0.1, 0.15) is 66.2 Å². The van der Waals surface area contributed by atoms with Gasteiger partial charge in [0.05, 0.1) is 0 Å². The second-order valence-electron chi connectivity index (χ2n) is 5.99. The zero-order chi connectivity index (χ0) is 10.8. The third kappa shape index (κ3) is 2.31. The molecule has 0 saturated heterocycles. The minimum atomic E-state index is 0.113. The van der Waals surface area contributed by atoms with E-state index in [9.17, 15) is 0 Å². The summed E-state index contributed by atoms with van der Waals surface area (Å²) in [6.07, 6.45) is 7.69. The predicted octanol–water partition coefficient (Wildman–Crippen LogP) is 3.72. The molecule has 0 bridgehead atoms. The molecule has 1 rings (SSSR count). The molecular formula is C13H27N. The smallest absolute Gasteiger partial charge is 0.0208 e. The van der Waals surface area contributed by atoms with Crippen LogP contribution in [0.4, 0.5) is 0 Å². The molecular weight excluding hydrogens is 170 g/mol. The molecule has 1 heteroatoms. The molecule has 1 aliphatic carbocycles. The van der Waals surface area contributed by atoms with E-state index in [1.54, 1.807) is 0 Å². The number of hydrogen-bond acceptors (Lipinski definition) is 1. The summed E-state index contributed by atoms with van der Waals surface area (Å²) in [5.41, 5.74) is 7.04. The summed E-state index contributed by atoms with van der Waals surface area (Å²) < 4.78 is 0. The third-order valence-electron chi connectivity index (χ3n) is 4.27. The van der Waals surface area contributed by atoms with E-state index < -0.39 is 0 Å². The van der Waals surface area contributed by atoms with Gasteiger partial charge in [0, 0.05) is 5.54 Å². The number of nitrogens with two attached hydrogens (primary N) is 1. The van der Waals surface area contributed by atoms with Crippen LogP contribution in [0.15, 0.2) is 0 Å². The van der Waals surface area contributed by atoms with Crippen molar-refractivity contribution in [1.29, 1.82) is 0 Å². The van der Waals surface area contributed by atoms with Crippen LogP contribution >= 0.6 is 0 Å². The van der Waals surface area contributed by atoms with Crippen molar-refractivity contribution < 1.29 is 0 Å². The Hall–Kier alpha value is -0.0400. The quantitative estimate of drug-likeness (QED) is 0.730. The molecule has 0 aromatic heterocycles. The zero-order valence-electron chi connectivity index (χ0n) is 10.4. The van der Waals surface area contributed by atoms with E-state index in [1.807, 2.05) is 0 Å². The van der Waals surface area contributed by atoms with Crippen LogP contribution in [0.25, 0.3) is 0 Å². The van der Waals surface area contributed by atoms with Gasteiger partial charge in [-0.3, -0.25) is 0 Å². The monoisotopic (exact) mass is 197 g/mol. The molecule has 2 N–H and O–H groups in total. The summed E-state index contributed by atoms with van der Waals surface area (Å²) in [6.45, 7) is 9.31. The molecule has 1 fully saturated rings. The molecule has 2 atom stereocenters. The van der Waals surface area contributed by atoms with E-state index in [4.69, 9.17) is 5.73 Å². The molecule has 1 aliphatic rings. The zero-order valence-corrected chi connectivity index (χ0v) is 10.4. The van der Waals surface area contributed by atoms with Crippen LogP contribution in [-0.2, 0) is 0 Å². The Morgan fingerprint density at radius 3 is 2.36 bits per heavy atom. The predicted molar refractivity (Wildman–Crippen MR) is 63.2 cm³/mol. The van der Waals surface area contributed by atoms with Gasteiger partial charge in [-0.05, 0) is 30.6 Å². The SMILES string of the molecule is CCCC(C)CC1(N)CCCC1(C)C. The van der Waals surface area contributed by atoms with E-state index in [-0.39, 0.29) is 5.54 Å². The van der Waals surface area contributed by atoms with Gasteiger partial charge in [0.1, 0.15) is 0 Å². The van der Waals surface area contributed by atoms with Crippen molar-refractivity contribution in [1.82, 2.24) is 0 Å². The minimum Gasteiger partial charge on any atom is -0.325 e. The van der Waals surface area contributed by atoms with Crippen molar-refractivity contribution in [3.8, 4) is 0 Å². The van der Waals surface area contributed by atoms with Crippen molar-refractivity contribution in [2.24, 2.45) is 17.1 Å². The van der Waals surface area contributed by atoms with Crippen LogP contribution in [0, 0.1) is 11.3 Å². The summed E-state index contributed by atoms with van der Waals surface area (Å²) in [7, 11) is 0. The first-order valence-electron chi connectivity index (χ1n) is 6.20. The molecule has 1 nitrogen and oxygen atoms in total. The highest BCUT2D eigenvalue weighted by molar-refractivity contribution is 5.02. The average molecular weight is 197 g/mol. The fourth-order valence-corrected chi connectivity index (χ4v) is 3.03. The second kappa shape index (κ2) is 4.22. The van der Waals surface area contributed by atoms with Crippen LogP contribution < -0.4 is 5.73 Å². The van der Waals surface area contributed by atoms with E-state index >= 15 is 0 Å². The first kappa shape index (κ1) is 12.0. The lowest BCUT2D eigenvalue weighted by Gasteiger charge is -2.40. The van der Waals surface area contributed by atoms with E-state index in [0.717, 1.165) is 5.92 Å². The van der Waals surface area contributed by atoms with Crippen LogP contribution in [-0.4, -0.2) is 5.54 Å². The molecule has 0 amide bonds. The highest BCUT2D eigenvalue weighted by Gasteiger charge is 2.45. The standard InChI is InChI=1S/C13H27N/c1-5-7-11(2)10-13(14)9-6-8-12(13,3)4/h11H,5-10,14H2,1-4H3. The fourth-order valence-electron chi connectivity index (χ4n) is 3.03. The van der Waals surface area contributed by atoms with Gasteiger partial charge in [-0.1, -0.05) is 47.0 Å². The summed E-state index contributed by atoms with van der Waals surface area (Å²) in [5, 5.41) is 0. The first-order valence-corrected chi connectivity index (χ1v) is 6.20. The van der Waals surface area contributed by atoms with Crippen molar-refractivity contribution >= 4 is 0 Å². The molecule has 2 unspecified atom stereocenters. The van der Waals surface area contributed by atoms with Gasteiger partial charge in [0.25, 0.3) is 0 Å². The molecule has 0 spiro atoms. The normalized spacial score (nSPS) is 33.2. The summed E-state index contributed by atoms with van der Waals surface area (Å²) >= 11 is 0. The Bertz CT molecular complexity index is 186. The van der Waals surface area contributed by atoms with Gasteiger partial charge in [-0.25, -0.2) is 0 Å². The first-order chi connectivity index (χ1) is 6.41. The topological polar surface area (TPSA) is 26.0 Å². The van der Waals surface area contributed by atoms with Gasteiger partial charge in [-0.2, -0.15) is 0 Å². The van der Waals surface area contributed by atoms with Gasteiger partial charge >= 0.3 is 0 Å². The molecule has 84 valence electrons. The minimum absolute atomic E-state index is 0.113.